The number of carbonyl (C=O) groups is 1. The summed E-state index contributed by atoms with van der Waals surface area (Å²) in [6.45, 7) is 6.22. The number of amides is 1. The summed E-state index contributed by atoms with van der Waals surface area (Å²) in [4.78, 5) is 28.4. The predicted molar refractivity (Wildman–Crippen MR) is 121 cm³/mol. The Bertz CT molecular complexity index is 1060. The van der Waals surface area contributed by atoms with Crippen molar-refractivity contribution in [2.24, 2.45) is 0 Å². The van der Waals surface area contributed by atoms with Crippen LogP contribution in [0.1, 0.15) is 35.1 Å². The molecule has 3 aromatic rings. The van der Waals surface area contributed by atoms with Crippen molar-refractivity contribution in [2.45, 2.75) is 18.9 Å². The van der Waals surface area contributed by atoms with E-state index in [0.717, 1.165) is 50.1 Å². The molecule has 0 aliphatic carbocycles. The monoisotopic (exact) mass is 435 g/mol. The number of aromatic nitrogens is 5. The van der Waals surface area contributed by atoms with Gasteiger partial charge in [-0.1, -0.05) is 0 Å². The van der Waals surface area contributed by atoms with Gasteiger partial charge < -0.3 is 15.1 Å². The standard InChI is InChI=1S/C22H29N9O/c1-28-13-14-30(22-24-7-4-8-25-22)16-18(28)20-27-26-19-6-5-17(15-31(19)20)21(32)23-9-12-29-10-2-3-11-29/h4-8,15,18H,2-3,9-14,16H2,1H3,(H,23,32)/t18-/m1/s1. The van der Waals surface area contributed by atoms with Crippen molar-refractivity contribution >= 4 is 17.5 Å². The van der Waals surface area contributed by atoms with Crippen molar-refractivity contribution in [3.8, 4) is 0 Å². The third-order valence-electron chi connectivity index (χ3n) is 6.38. The van der Waals surface area contributed by atoms with Crippen molar-refractivity contribution in [1.82, 2.24) is 39.7 Å². The Balaban J connectivity index is 1.33. The Morgan fingerprint density at radius 1 is 1.09 bits per heavy atom. The molecular formula is C22H29N9O. The van der Waals surface area contributed by atoms with E-state index in [-0.39, 0.29) is 11.9 Å². The highest BCUT2D eigenvalue weighted by atomic mass is 16.1. The highest BCUT2D eigenvalue weighted by molar-refractivity contribution is 5.94. The zero-order valence-corrected chi connectivity index (χ0v) is 18.4. The first-order valence-electron chi connectivity index (χ1n) is 11.3. The first-order chi connectivity index (χ1) is 15.7. The van der Waals surface area contributed by atoms with Gasteiger partial charge >= 0.3 is 0 Å². The van der Waals surface area contributed by atoms with Gasteiger partial charge in [0.1, 0.15) is 0 Å². The van der Waals surface area contributed by atoms with Crippen LogP contribution in [0.5, 0.6) is 0 Å². The molecule has 0 bridgehead atoms. The fourth-order valence-corrected chi connectivity index (χ4v) is 4.49. The van der Waals surface area contributed by atoms with Gasteiger partial charge in [0.05, 0.1) is 11.6 Å². The molecule has 10 nitrogen and oxygen atoms in total. The van der Waals surface area contributed by atoms with Crippen molar-refractivity contribution < 1.29 is 4.79 Å². The van der Waals surface area contributed by atoms with E-state index < -0.39 is 0 Å². The number of likely N-dealkylation sites (tertiary alicyclic amines) is 1. The van der Waals surface area contributed by atoms with Crippen LogP contribution in [0.4, 0.5) is 5.95 Å². The molecule has 2 aliphatic heterocycles. The molecule has 0 unspecified atom stereocenters. The fourth-order valence-electron chi connectivity index (χ4n) is 4.49. The highest BCUT2D eigenvalue weighted by Crippen LogP contribution is 2.25. The zero-order valence-electron chi connectivity index (χ0n) is 18.4. The molecule has 5 heterocycles. The van der Waals surface area contributed by atoms with Crippen molar-refractivity contribution in [2.75, 3.05) is 57.8 Å². The molecule has 2 aliphatic rings. The van der Waals surface area contributed by atoms with E-state index in [4.69, 9.17) is 0 Å². The van der Waals surface area contributed by atoms with Gasteiger partial charge in [0, 0.05) is 51.3 Å². The number of piperazine rings is 1. The van der Waals surface area contributed by atoms with Crippen LogP contribution < -0.4 is 10.2 Å². The van der Waals surface area contributed by atoms with Crippen molar-refractivity contribution in [1.29, 1.82) is 0 Å². The molecule has 1 atom stereocenters. The number of carbonyl (C=O) groups excluding carboxylic acids is 1. The average Bonchev–Trinajstić information content (AvgIpc) is 3.49. The highest BCUT2D eigenvalue weighted by Gasteiger charge is 2.30. The molecule has 0 aromatic carbocycles. The Morgan fingerprint density at radius 2 is 1.91 bits per heavy atom. The summed E-state index contributed by atoms with van der Waals surface area (Å²) in [6, 6.07) is 5.50. The molecule has 168 valence electrons. The topological polar surface area (TPSA) is 94.8 Å². The maximum Gasteiger partial charge on any atom is 0.252 e. The molecule has 32 heavy (non-hydrogen) atoms. The van der Waals surface area contributed by atoms with Crippen LogP contribution in [0.25, 0.3) is 5.65 Å². The molecule has 2 saturated heterocycles. The molecule has 1 N–H and O–H groups in total. The summed E-state index contributed by atoms with van der Waals surface area (Å²) in [6.07, 6.45) is 7.88. The third kappa shape index (κ3) is 4.28. The number of rotatable bonds is 6. The van der Waals surface area contributed by atoms with Gasteiger partial charge in [0.25, 0.3) is 5.91 Å². The Morgan fingerprint density at radius 3 is 2.72 bits per heavy atom. The number of hydrogen-bond acceptors (Lipinski definition) is 8. The number of likely N-dealkylation sites (N-methyl/N-ethyl adjacent to an activating group) is 1. The molecule has 0 radical (unpaired) electrons. The van der Waals surface area contributed by atoms with Gasteiger partial charge in [-0.05, 0) is 51.2 Å². The fraction of sp³-hybridized carbons (Fsp3) is 0.500. The average molecular weight is 436 g/mol. The van der Waals surface area contributed by atoms with Gasteiger partial charge in [0.15, 0.2) is 11.5 Å². The van der Waals surface area contributed by atoms with Crippen LogP contribution in [0.3, 0.4) is 0 Å². The quantitative estimate of drug-likeness (QED) is 0.609. The first kappa shape index (κ1) is 20.8. The first-order valence-corrected chi connectivity index (χ1v) is 11.3. The van der Waals surface area contributed by atoms with E-state index in [1.165, 1.54) is 12.8 Å². The van der Waals surface area contributed by atoms with Crippen LogP contribution in [0.15, 0.2) is 36.8 Å². The van der Waals surface area contributed by atoms with E-state index in [1.54, 1.807) is 12.4 Å². The Labute approximate surface area is 187 Å². The van der Waals surface area contributed by atoms with Crippen LogP contribution >= 0.6 is 0 Å². The van der Waals surface area contributed by atoms with Gasteiger partial charge in [-0.3, -0.25) is 14.1 Å². The third-order valence-corrected chi connectivity index (χ3v) is 6.38. The van der Waals surface area contributed by atoms with Gasteiger partial charge in [-0.2, -0.15) is 0 Å². The molecule has 0 saturated carbocycles. The normalized spacial score (nSPS) is 20.2. The van der Waals surface area contributed by atoms with Crippen molar-refractivity contribution in [3.63, 3.8) is 0 Å². The lowest BCUT2D eigenvalue weighted by molar-refractivity contribution is 0.0949. The number of nitrogens with zero attached hydrogens (tertiary/aromatic N) is 8. The molecule has 0 spiro atoms. The zero-order chi connectivity index (χ0) is 21.9. The number of fused-ring (bicyclic) bond motifs is 1. The van der Waals surface area contributed by atoms with Crippen molar-refractivity contribution in [3.05, 3.63) is 48.2 Å². The van der Waals surface area contributed by atoms with Crippen LogP contribution in [0.2, 0.25) is 0 Å². The van der Waals surface area contributed by atoms with E-state index in [1.807, 2.05) is 28.8 Å². The smallest absolute Gasteiger partial charge is 0.252 e. The Kier molecular flexibility index (Phi) is 5.95. The van der Waals surface area contributed by atoms with Gasteiger partial charge in [-0.25, -0.2) is 9.97 Å². The molecule has 2 fully saturated rings. The molecule has 3 aromatic heterocycles. The van der Waals surface area contributed by atoms with E-state index >= 15 is 0 Å². The number of hydrogen-bond donors (Lipinski definition) is 1. The minimum absolute atomic E-state index is 0.0102. The number of nitrogens with one attached hydrogen (secondary N) is 1. The number of anilines is 1. The van der Waals surface area contributed by atoms with E-state index in [0.29, 0.717) is 18.7 Å². The summed E-state index contributed by atoms with van der Waals surface area (Å²) in [5, 5.41) is 11.9. The predicted octanol–water partition coefficient (Wildman–Crippen LogP) is 0.838. The van der Waals surface area contributed by atoms with E-state index in [9.17, 15) is 4.79 Å². The number of pyridine rings is 1. The molecule has 1 amide bonds. The molecule has 5 rings (SSSR count). The Hall–Kier alpha value is -3.11. The van der Waals surface area contributed by atoms with Gasteiger partial charge in [0.2, 0.25) is 5.95 Å². The molecule has 10 heteroatoms. The maximum absolute atomic E-state index is 12.8. The second kappa shape index (κ2) is 9.17. The largest absolute Gasteiger partial charge is 0.351 e. The lowest BCUT2D eigenvalue weighted by atomic mass is 10.1. The summed E-state index contributed by atoms with van der Waals surface area (Å²) in [5.74, 6) is 1.47. The van der Waals surface area contributed by atoms with Crippen LogP contribution in [-0.4, -0.2) is 93.1 Å². The maximum atomic E-state index is 12.8. The lowest BCUT2D eigenvalue weighted by Crippen LogP contribution is -2.47. The minimum Gasteiger partial charge on any atom is -0.351 e. The van der Waals surface area contributed by atoms with Crippen LogP contribution in [0, 0.1) is 0 Å². The summed E-state index contributed by atoms with van der Waals surface area (Å²) >= 11 is 0. The molecular weight excluding hydrogens is 406 g/mol. The lowest BCUT2D eigenvalue weighted by Gasteiger charge is -2.38. The summed E-state index contributed by atoms with van der Waals surface area (Å²) in [5.41, 5.74) is 1.34. The SMILES string of the molecule is CN1CCN(c2ncccn2)C[C@@H]1c1nnc2ccc(C(=O)NCCN3CCCC3)cn12. The minimum atomic E-state index is -0.0675. The summed E-state index contributed by atoms with van der Waals surface area (Å²) < 4.78 is 1.94. The van der Waals surface area contributed by atoms with Gasteiger partial charge in [-0.15, -0.1) is 10.2 Å². The second-order valence-electron chi connectivity index (χ2n) is 8.50. The van der Waals surface area contributed by atoms with E-state index in [2.05, 4.69) is 47.2 Å². The second-order valence-corrected chi connectivity index (χ2v) is 8.50. The summed E-state index contributed by atoms with van der Waals surface area (Å²) in [7, 11) is 2.09. The van der Waals surface area contributed by atoms with Crippen LogP contribution in [-0.2, 0) is 0 Å².